The van der Waals surface area contributed by atoms with Gasteiger partial charge in [-0.3, -0.25) is 14.3 Å². The number of aliphatic carboxylic acids is 1. The van der Waals surface area contributed by atoms with Crippen LogP contribution in [0.15, 0.2) is 30.3 Å². The zero-order valence-electron chi connectivity index (χ0n) is 14.6. The van der Waals surface area contributed by atoms with Crippen LogP contribution in [0.5, 0.6) is 0 Å². The van der Waals surface area contributed by atoms with Crippen LogP contribution in [-0.4, -0.2) is 33.3 Å². The molecule has 2 N–H and O–H groups in total. The topological polar surface area (TPSA) is 84.2 Å². The SMILES string of the molecule is Cn1nc2c(c1C(=O)NCC(C)(C(=O)O)c1ccccc1)CCCC2. The van der Waals surface area contributed by atoms with Crippen LogP contribution in [0.25, 0.3) is 0 Å². The van der Waals surface area contributed by atoms with E-state index in [2.05, 4.69) is 10.4 Å². The Hall–Kier alpha value is -2.63. The summed E-state index contributed by atoms with van der Waals surface area (Å²) in [6.07, 6.45) is 3.89. The molecule has 3 rings (SSSR count). The Balaban J connectivity index is 1.82. The third-order valence-electron chi connectivity index (χ3n) is 5.02. The van der Waals surface area contributed by atoms with Gasteiger partial charge in [0.25, 0.3) is 5.91 Å². The summed E-state index contributed by atoms with van der Waals surface area (Å²) < 4.78 is 1.62. The number of carbonyl (C=O) groups excluding carboxylic acids is 1. The average Bonchev–Trinajstić information content (AvgIpc) is 2.95. The fraction of sp³-hybridized carbons (Fsp3) is 0.421. The highest BCUT2D eigenvalue weighted by atomic mass is 16.4. The molecule has 0 radical (unpaired) electrons. The van der Waals surface area contributed by atoms with Gasteiger partial charge in [-0.2, -0.15) is 5.10 Å². The molecule has 1 aromatic heterocycles. The number of aryl methyl sites for hydroxylation is 2. The van der Waals surface area contributed by atoms with Crippen molar-refractivity contribution in [2.75, 3.05) is 6.54 Å². The molecule has 0 aliphatic heterocycles. The Bertz CT molecular complexity index is 798. The quantitative estimate of drug-likeness (QED) is 0.872. The monoisotopic (exact) mass is 341 g/mol. The van der Waals surface area contributed by atoms with Crippen molar-refractivity contribution in [3.8, 4) is 0 Å². The van der Waals surface area contributed by atoms with E-state index in [0.717, 1.165) is 36.9 Å². The van der Waals surface area contributed by atoms with Gasteiger partial charge in [-0.1, -0.05) is 30.3 Å². The normalized spacial score (nSPS) is 15.9. The van der Waals surface area contributed by atoms with Crippen LogP contribution in [0.3, 0.4) is 0 Å². The lowest BCUT2D eigenvalue weighted by molar-refractivity contribution is -0.142. The van der Waals surface area contributed by atoms with Gasteiger partial charge in [-0.05, 0) is 38.2 Å². The molecule has 2 aromatic rings. The largest absolute Gasteiger partial charge is 0.481 e. The van der Waals surface area contributed by atoms with Crippen LogP contribution < -0.4 is 5.32 Å². The molecule has 1 aliphatic rings. The Labute approximate surface area is 146 Å². The summed E-state index contributed by atoms with van der Waals surface area (Å²) in [6.45, 7) is 1.65. The fourth-order valence-electron chi connectivity index (χ4n) is 3.41. The maximum Gasteiger partial charge on any atom is 0.315 e. The van der Waals surface area contributed by atoms with Gasteiger partial charge in [0, 0.05) is 19.2 Å². The van der Waals surface area contributed by atoms with E-state index in [4.69, 9.17) is 0 Å². The van der Waals surface area contributed by atoms with E-state index in [1.54, 1.807) is 42.9 Å². The van der Waals surface area contributed by atoms with Gasteiger partial charge < -0.3 is 10.4 Å². The predicted molar refractivity (Wildman–Crippen MR) is 93.6 cm³/mol. The van der Waals surface area contributed by atoms with E-state index >= 15 is 0 Å². The minimum atomic E-state index is -1.18. The predicted octanol–water partition coefficient (Wildman–Crippen LogP) is 2.07. The molecule has 132 valence electrons. The summed E-state index contributed by atoms with van der Waals surface area (Å²) in [4.78, 5) is 24.6. The highest BCUT2D eigenvalue weighted by Gasteiger charge is 2.36. The number of hydrogen-bond donors (Lipinski definition) is 2. The molecule has 0 spiro atoms. The van der Waals surface area contributed by atoms with Crippen molar-refractivity contribution >= 4 is 11.9 Å². The molecule has 1 heterocycles. The first-order valence-corrected chi connectivity index (χ1v) is 8.55. The number of aromatic nitrogens is 2. The summed E-state index contributed by atoms with van der Waals surface area (Å²) in [6, 6.07) is 8.98. The van der Waals surface area contributed by atoms with E-state index in [0.29, 0.717) is 11.3 Å². The number of carbonyl (C=O) groups is 2. The second kappa shape index (κ2) is 6.70. The van der Waals surface area contributed by atoms with Crippen molar-refractivity contribution in [2.24, 2.45) is 7.05 Å². The molecule has 0 bridgehead atoms. The van der Waals surface area contributed by atoms with Crippen molar-refractivity contribution in [1.82, 2.24) is 15.1 Å². The van der Waals surface area contributed by atoms with E-state index in [1.807, 2.05) is 6.07 Å². The van der Waals surface area contributed by atoms with Crippen molar-refractivity contribution < 1.29 is 14.7 Å². The van der Waals surface area contributed by atoms with E-state index < -0.39 is 11.4 Å². The molecule has 0 saturated carbocycles. The Kier molecular flexibility index (Phi) is 4.61. The molecule has 25 heavy (non-hydrogen) atoms. The van der Waals surface area contributed by atoms with Crippen molar-refractivity contribution in [3.05, 3.63) is 52.8 Å². The highest BCUT2D eigenvalue weighted by molar-refractivity contribution is 5.95. The molecule has 6 heteroatoms. The van der Waals surface area contributed by atoms with Gasteiger partial charge in [-0.15, -0.1) is 0 Å². The number of nitrogens with zero attached hydrogens (tertiary/aromatic N) is 2. The first kappa shape index (κ1) is 17.2. The number of rotatable bonds is 5. The summed E-state index contributed by atoms with van der Waals surface area (Å²) >= 11 is 0. The van der Waals surface area contributed by atoms with Gasteiger partial charge in [0.05, 0.1) is 5.69 Å². The number of hydrogen-bond acceptors (Lipinski definition) is 3. The molecule has 1 unspecified atom stereocenters. The van der Waals surface area contributed by atoms with Crippen LogP contribution in [0.2, 0.25) is 0 Å². The van der Waals surface area contributed by atoms with Crippen LogP contribution in [0.4, 0.5) is 0 Å². The number of fused-ring (bicyclic) bond motifs is 1. The second-order valence-corrected chi connectivity index (χ2v) is 6.79. The van der Waals surface area contributed by atoms with Crippen LogP contribution in [-0.2, 0) is 30.1 Å². The lowest BCUT2D eigenvalue weighted by Crippen LogP contribution is -2.44. The molecule has 6 nitrogen and oxygen atoms in total. The Morgan fingerprint density at radius 2 is 1.92 bits per heavy atom. The van der Waals surface area contributed by atoms with E-state index in [9.17, 15) is 14.7 Å². The first-order chi connectivity index (χ1) is 11.9. The lowest BCUT2D eigenvalue weighted by atomic mass is 9.82. The first-order valence-electron chi connectivity index (χ1n) is 8.55. The minimum absolute atomic E-state index is 0.0190. The highest BCUT2D eigenvalue weighted by Crippen LogP contribution is 2.25. The third kappa shape index (κ3) is 3.16. The van der Waals surface area contributed by atoms with Gasteiger partial charge >= 0.3 is 5.97 Å². The summed E-state index contributed by atoms with van der Waals surface area (Å²) in [5.41, 5.74) is 2.02. The number of benzene rings is 1. The standard InChI is InChI=1S/C19H23N3O3/c1-19(18(24)25,13-8-4-3-5-9-13)12-20-17(23)16-14-10-6-7-11-15(14)21-22(16)2/h3-5,8-9H,6-7,10-12H2,1-2H3,(H,20,23)(H,24,25). The van der Waals surface area contributed by atoms with Crippen LogP contribution in [0.1, 0.15) is 47.1 Å². The molecule has 1 aliphatic carbocycles. The summed E-state index contributed by atoms with van der Waals surface area (Å²) in [5, 5.41) is 17.0. The van der Waals surface area contributed by atoms with Gasteiger partial charge in [-0.25, -0.2) is 0 Å². The third-order valence-corrected chi connectivity index (χ3v) is 5.02. The molecule has 0 saturated heterocycles. The van der Waals surface area contributed by atoms with Crippen molar-refractivity contribution in [1.29, 1.82) is 0 Å². The molecule has 1 atom stereocenters. The lowest BCUT2D eigenvalue weighted by Gasteiger charge is -2.26. The van der Waals surface area contributed by atoms with Crippen LogP contribution in [0, 0.1) is 0 Å². The molecular formula is C19H23N3O3. The zero-order valence-corrected chi connectivity index (χ0v) is 14.6. The number of carboxylic acids is 1. The molecule has 0 fully saturated rings. The smallest absolute Gasteiger partial charge is 0.315 e. The van der Waals surface area contributed by atoms with Crippen LogP contribution >= 0.6 is 0 Å². The summed E-state index contributed by atoms with van der Waals surface area (Å²) in [5.74, 6) is -1.23. The number of nitrogens with one attached hydrogen (secondary N) is 1. The molecule has 1 amide bonds. The fourth-order valence-corrected chi connectivity index (χ4v) is 3.41. The Morgan fingerprint density at radius 1 is 1.24 bits per heavy atom. The molecular weight excluding hydrogens is 318 g/mol. The molecule has 1 aromatic carbocycles. The van der Waals surface area contributed by atoms with Crippen molar-refractivity contribution in [2.45, 2.75) is 38.0 Å². The number of carboxylic acid groups (broad SMARTS) is 1. The Morgan fingerprint density at radius 3 is 2.60 bits per heavy atom. The minimum Gasteiger partial charge on any atom is -0.481 e. The zero-order chi connectivity index (χ0) is 18.0. The maximum atomic E-state index is 12.7. The summed E-state index contributed by atoms with van der Waals surface area (Å²) in [7, 11) is 1.76. The van der Waals surface area contributed by atoms with Gasteiger partial charge in [0.2, 0.25) is 0 Å². The van der Waals surface area contributed by atoms with E-state index in [-0.39, 0.29) is 12.5 Å². The number of amides is 1. The maximum absolute atomic E-state index is 12.7. The van der Waals surface area contributed by atoms with Crippen molar-refractivity contribution in [3.63, 3.8) is 0 Å². The van der Waals surface area contributed by atoms with Gasteiger partial charge in [0.15, 0.2) is 0 Å². The van der Waals surface area contributed by atoms with Gasteiger partial charge in [0.1, 0.15) is 11.1 Å². The second-order valence-electron chi connectivity index (χ2n) is 6.79. The average molecular weight is 341 g/mol. The van der Waals surface area contributed by atoms with E-state index in [1.165, 1.54) is 0 Å².